The Morgan fingerprint density at radius 2 is 1.78 bits per heavy atom. The monoisotopic (exact) mass is 494 g/mol. The fraction of sp³-hybridized carbons (Fsp3) is 0.350. The van der Waals surface area contributed by atoms with E-state index in [-0.39, 0.29) is 19.5 Å². The Morgan fingerprint density at radius 1 is 1.06 bits per heavy atom. The second kappa shape index (κ2) is 10.9. The highest BCUT2D eigenvalue weighted by molar-refractivity contribution is 7.89. The number of rotatable bonds is 10. The van der Waals surface area contributed by atoms with Crippen LogP contribution in [0, 0.1) is 0 Å². The van der Waals surface area contributed by atoms with E-state index in [1.165, 1.54) is 14.2 Å². The van der Waals surface area contributed by atoms with Gasteiger partial charge >= 0.3 is 6.18 Å². The van der Waals surface area contributed by atoms with E-state index in [4.69, 9.17) is 21.1 Å². The molecule has 2 rings (SSSR count). The van der Waals surface area contributed by atoms with Crippen LogP contribution in [0.2, 0.25) is 5.02 Å². The SMILES string of the molecule is COc1ccc(CCNC(=O)CCNS(=O)(=O)c2ccc(Cl)c(C(F)(F)F)c2)c(OC)c1. The van der Waals surface area contributed by atoms with Gasteiger partial charge in [-0.1, -0.05) is 17.7 Å². The number of benzene rings is 2. The van der Waals surface area contributed by atoms with Crippen molar-refractivity contribution in [1.29, 1.82) is 0 Å². The Labute approximate surface area is 188 Å². The van der Waals surface area contributed by atoms with Crippen molar-refractivity contribution in [2.45, 2.75) is 23.9 Å². The average molecular weight is 495 g/mol. The van der Waals surface area contributed by atoms with Crippen LogP contribution >= 0.6 is 11.6 Å². The average Bonchev–Trinajstić information content (AvgIpc) is 2.73. The van der Waals surface area contributed by atoms with Crippen molar-refractivity contribution in [3.63, 3.8) is 0 Å². The van der Waals surface area contributed by atoms with E-state index < -0.39 is 37.6 Å². The molecular formula is C20H22ClF3N2O5S. The summed E-state index contributed by atoms with van der Waals surface area (Å²) in [5.74, 6) is 0.810. The minimum atomic E-state index is -4.80. The van der Waals surface area contributed by atoms with Crippen LogP contribution in [0.15, 0.2) is 41.3 Å². The molecule has 1 amide bonds. The van der Waals surface area contributed by atoms with Gasteiger partial charge in [0.1, 0.15) is 11.5 Å². The van der Waals surface area contributed by atoms with Crippen molar-refractivity contribution >= 4 is 27.5 Å². The van der Waals surface area contributed by atoms with Gasteiger partial charge in [0.2, 0.25) is 15.9 Å². The molecule has 0 fully saturated rings. The maximum atomic E-state index is 12.9. The first-order chi connectivity index (χ1) is 15.0. The van der Waals surface area contributed by atoms with Gasteiger partial charge in [-0.05, 0) is 36.2 Å². The third-order valence-electron chi connectivity index (χ3n) is 4.41. The van der Waals surface area contributed by atoms with E-state index in [1.807, 2.05) is 0 Å². The molecular weight excluding hydrogens is 473 g/mol. The van der Waals surface area contributed by atoms with Crippen molar-refractivity contribution < 1.29 is 35.9 Å². The van der Waals surface area contributed by atoms with Crippen LogP contribution in [0.4, 0.5) is 13.2 Å². The zero-order chi connectivity index (χ0) is 23.9. The van der Waals surface area contributed by atoms with Gasteiger partial charge in [0.05, 0.1) is 29.7 Å². The maximum Gasteiger partial charge on any atom is 0.417 e. The first-order valence-corrected chi connectivity index (χ1v) is 11.2. The van der Waals surface area contributed by atoms with Gasteiger partial charge in [0.25, 0.3) is 0 Å². The molecule has 0 radical (unpaired) electrons. The predicted octanol–water partition coefficient (Wildman–Crippen LogP) is 3.40. The molecule has 0 saturated carbocycles. The van der Waals surface area contributed by atoms with Crippen molar-refractivity contribution in [2.75, 3.05) is 27.3 Å². The van der Waals surface area contributed by atoms with Crippen LogP contribution in [0.3, 0.4) is 0 Å². The smallest absolute Gasteiger partial charge is 0.417 e. The van der Waals surface area contributed by atoms with Crippen molar-refractivity contribution in [3.05, 3.63) is 52.5 Å². The molecule has 2 aromatic rings. The molecule has 0 saturated heterocycles. The molecule has 0 atom stereocenters. The number of sulfonamides is 1. The Balaban J connectivity index is 1.86. The fourth-order valence-corrected chi connectivity index (χ4v) is 4.04. The van der Waals surface area contributed by atoms with Crippen LogP contribution in [0.1, 0.15) is 17.5 Å². The van der Waals surface area contributed by atoms with Crippen molar-refractivity contribution in [1.82, 2.24) is 10.0 Å². The summed E-state index contributed by atoms with van der Waals surface area (Å²) in [6.07, 6.45) is -4.52. The van der Waals surface area contributed by atoms with Gasteiger partial charge in [-0.2, -0.15) is 13.2 Å². The highest BCUT2D eigenvalue weighted by Gasteiger charge is 2.34. The standard InChI is InChI=1S/C20H22ClF3N2O5S/c1-30-14-4-3-13(18(11-14)31-2)7-9-25-19(27)8-10-26-32(28,29)15-5-6-17(21)16(12-15)20(22,23)24/h3-6,11-12,26H,7-10H2,1-2H3,(H,25,27). The van der Waals surface area contributed by atoms with Crippen LogP contribution in [0.5, 0.6) is 11.5 Å². The first kappa shape index (κ1) is 25.8. The first-order valence-electron chi connectivity index (χ1n) is 9.32. The molecule has 0 bridgehead atoms. The molecule has 0 aromatic heterocycles. The number of hydrogen-bond acceptors (Lipinski definition) is 5. The summed E-state index contributed by atoms with van der Waals surface area (Å²) in [6.45, 7) is -0.00952. The molecule has 32 heavy (non-hydrogen) atoms. The zero-order valence-electron chi connectivity index (χ0n) is 17.3. The Hall–Kier alpha value is -2.50. The second-order valence-corrected chi connectivity index (χ2v) is 8.74. The summed E-state index contributed by atoms with van der Waals surface area (Å²) in [5, 5.41) is 2.04. The van der Waals surface area contributed by atoms with Gasteiger partial charge in [-0.25, -0.2) is 13.1 Å². The molecule has 12 heteroatoms. The summed E-state index contributed by atoms with van der Waals surface area (Å²) in [4.78, 5) is 11.4. The number of ether oxygens (including phenoxy) is 2. The van der Waals surface area contributed by atoms with Crippen LogP contribution < -0.4 is 19.5 Å². The van der Waals surface area contributed by atoms with E-state index in [9.17, 15) is 26.4 Å². The third kappa shape index (κ3) is 7.01. The highest BCUT2D eigenvalue weighted by atomic mass is 35.5. The number of carbonyl (C=O) groups excluding carboxylic acids is 1. The zero-order valence-corrected chi connectivity index (χ0v) is 18.8. The normalized spacial score (nSPS) is 11.8. The summed E-state index contributed by atoms with van der Waals surface area (Å²) < 4.78 is 75.8. The van der Waals surface area contributed by atoms with Crippen molar-refractivity contribution in [2.24, 2.45) is 0 Å². The van der Waals surface area contributed by atoms with Crippen LogP contribution in [-0.4, -0.2) is 41.6 Å². The minimum absolute atomic E-state index is 0.196. The van der Waals surface area contributed by atoms with Crippen LogP contribution in [-0.2, 0) is 27.4 Å². The second-order valence-electron chi connectivity index (χ2n) is 6.56. The van der Waals surface area contributed by atoms with E-state index in [0.29, 0.717) is 24.0 Å². The lowest BCUT2D eigenvalue weighted by atomic mass is 10.1. The Bertz CT molecular complexity index is 1060. The summed E-state index contributed by atoms with van der Waals surface area (Å²) in [7, 11) is -1.20. The van der Waals surface area contributed by atoms with E-state index >= 15 is 0 Å². The van der Waals surface area contributed by atoms with Gasteiger partial charge in [-0.15, -0.1) is 0 Å². The molecule has 7 nitrogen and oxygen atoms in total. The van der Waals surface area contributed by atoms with Crippen LogP contribution in [0.25, 0.3) is 0 Å². The predicted molar refractivity (Wildman–Crippen MR) is 113 cm³/mol. The molecule has 0 aliphatic carbocycles. The van der Waals surface area contributed by atoms with Gasteiger partial charge in [0.15, 0.2) is 0 Å². The summed E-state index contributed by atoms with van der Waals surface area (Å²) in [6, 6.07) is 7.55. The van der Waals surface area contributed by atoms with Gasteiger partial charge in [0, 0.05) is 25.6 Å². The van der Waals surface area contributed by atoms with Gasteiger partial charge in [-0.3, -0.25) is 4.79 Å². The minimum Gasteiger partial charge on any atom is -0.497 e. The topological polar surface area (TPSA) is 93.7 Å². The largest absolute Gasteiger partial charge is 0.497 e. The summed E-state index contributed by atoms with van der Waals surface area (Å²) >= 11 is 5.50. The Kier molecular flexibility index (Phi) is 8.76. The summed E-state index contributed by atoms with van der Waals surface area (Å²) in [5.41, 5.74) is -0.411. The molecule has 176 valence electrons. The lowest BCUT2D eigenvalue weighted by Gasteiger charge is -2.12. The molecule has 0 heterocycles. The molecule has 0 aliphatic heterocycles. The number of alkyl halides is 3. The molecule has 0 spiro atoms. The third-order valence-corrected chi connectivity index (χ3v) is 6.20. The molecule has 2 N–H and O–H groups in total. The highest BCUT2D eigenvalue weighted by Crippen LogP contribution is 2.35. The lowest BCUT2D eigenvalue weighted by Crippen LogP contribution is -2.31. The van der Waals surface area contributed by atoms with E-state index in [2.05, 4.69) is 10.0 Å². The molecule has 0 unspecified atom stereocenters. The van der Waals surface area contributed by atoms with Crippen molar-refractivity contribution in [3.8, 4) is 11.5 Å². The molecule has 0 aliphatic rings. The lowest BCUT2D eigenvalue weighted by molar-refractivity contribution is -0.137. The molecule has 2 aromatic carbocycles. The maximum absolute atomic E-state index is 12.9. The number of hydrogen-bond donors (Lipinski definition) is 2. The number of methoxy groups -OCH3 is 2. The quantitative estimate of drug-likeness (QED) is 0.528. The van der Waals surface area contributed by atoms with Gasteiger partial charge < -0.3 is 14.8 Å². The number of carbonyl (C=O) groups is 1. The van der Waals surface area contributed by atoms with E-state index in [0.717, 1.165) is 17.7 Å². The Morgan fingerprint density at radius 3 is 2.41 bits per heavy atom. The number of nitrogens with one attached hydrogen (secondary N) is 2. The fourth-order valence-electron chi connectivity index (χ4n) is 2.75. The number of halogens is 4. The van der Waals surface area contributed by atoms with E-state index in [1.54, 1.807) is 18.2 Å². The number of amides is 1.